The van der Waals surface area contributed by atoms with Gasteiger partial charge in [-0.25, -0.2) is 0 Å². The average Bonchev–Trinajstić information content (AvgIpc) is 2.71. The van der Waals surface area contributed by atoms with E-state index < -0.39 is 0 Å². The van der Waals surface area contributed by atoms with E-state index >= 15 is 0 Å². The van der Waals surface area contributed by atoms with Crippen LogP contribution in [0.4, 0.5) is 0 Å². The fourth-order valence-electron chi connectivity index (χ4n) is 2.20. The maximum Gasteiger partial charge on any atom is 0.153 e. The smallest absolute Gasteiger partial charge is 0.153 e. The lowest BCUT2D eigenvalue weighted by Crippen LogP contribution is -1.96. The van der Waals surface area contributed by atoms with Crippen molar-refractivity contribution >= 4 is 6.29 Å². The van der Waals surface area contributed by atoms with Gasteiger partial charge in [0.15, 0.2) is 6.29 Å². The number of rotatable bonds is 4. The Labute approximate surface area is 107 Å². The van der Waals surface area contributed by atoms with Crippen molar-refractivity contribution in [2.24, 2.45) is 0 Å². The number of aryl methyl sites for hydroxylation is 3. The molecule has 0 unspecified atom stereocenters. The molecule has 0 N–H and O–H groups in total. The van der Waals surface area contributed by atoms with Crippen LogP contribution in [0.2, 0.25) is 0 Å². The van der Waals surface area contributed by atoms with E-state index in [4.69, 9.17) is 0 Å². The number of carbonyl (C=O) groups is 1. The molecule has 2 rings (SSSR count). The van der Waals surface area contributed by atoms with Crippen molar-refractivity contribution in [3.05, 3.63) is 41.1 Å². The summed E-state index contributed by atoms with van der Waals surface area (Å²) in [5.74, 6) is 0. The van der Waals surface area contributed by atoms with Crippen LogP contribution in [0.3, 0.4) is 0 Å². The molecule has 3 nitrogen and oxygen atoms in total. The van der Waals surface area contributed by atoms with E-state index in [1.807, 2.05) is 10.9 Å². The van der Waals surface area contributed by atoms with Crippen LogP contribution in [0.25, 0.3) is 11.3 Å². The second-order valence-corrected chi connectivity index (χ2v) is 4.69. The zero-order valence-electron chi connectivity index (χ0n) is 11.1. The second kappa shape index (κ2) is 5.17. The first-order chi connectivity index (χ1) is 8.63. The quantitative estimate of drug-likeness (QED) is 0.770. The summed E-state index contributed by atoms with van der Waals surface area (Å²) in [6, 6.07) is 6.25. The number of carbonyl (C=O) groups excluding carboxylic acids is 1. The van der Waals surface area contributed by atoms with Crippen molar-refractivity contribution in [1.82, 2.24) is 9.78 Å². The number of hydrogen-bond acceptors (Lipinski definition) is 2. The first kappa shape index (κ1) is 12.6. The highest BCUT2D eigenvalue weighted by molar-refractivity contribution is 5.85. The fraction of sp³-hybridized carbons (Fsp3) is 0.333. The Kier molecular flexibility index (Phi) is 3.60. The van der Waals surface area contributed by atoms with Gasteiger partial charge in [0.2, 0.25) is 0 Å². The molecule has 0 saturated heterocycles. The van der Waals surface area contributed by atoms with E-state index in [9.17, 15) is 4.79 Å². The number of aldehydes is 1. The largest absolute Gasteiger partial charge is 0.298 e. The molecule has 0 amide bonds. The molecule has 94 valence electrons. The van der Waals surface area contributed by atoms with Crippen molar-refractivity contribution < 1.29 is 4.79 Å². The molecule has 0 aliphatic rings. The van der Waals surface area contributed by atoms with Gasteiger partial charge in [-0.1, -0.05) is 24.1 Å². The van der Waals surface area contributed by atoms with Crippen LogP contribution in [0.1, 0.15) is 34.8 Å². The minimum atomic E-state index is 0.661. The number of hydrogen-bond donors (Lipinski definition) is 0. The molecular formula is C15H18N2O. The predicted octanol–water partition coefficient (Wildman–Crippen LogP) is 3.39. The summed E-state index contributed by atoms with van der Waals surface area (Å²) in [5.41, 5.74) is 4.84. The Morgan fingerprint density at radius 2 is 1.89 bits per heavy atom. The van der Waals surface area contributed by atoms with Gasteiger partial charge < -0.3 is 0 Å². The molecule has 0 atom stereocenters. The summed E-state index contributed by atoms with van der Waals surface area (Å²) in [7, 11) is 0. The Bertz CT molecular complexity index is 550. The third-order valence-corrected chi connectivity index (χ3v) is 2.86. The third kappa shape index (κ3) is 2.50. The molecule has 2 aromatic rings. The van der Waals surface area contributed by atoms with E-state index in [0.717, 1.165) is 30.5 Å². The summed E-state index contributed by atoms with van der Waals surface area (Å²) in [5, 5.41) is 4.51. The highest BCUT2D eigenvalue weighted by Gasteiger charge is 2.11. The minimum Gasteiger partial charge on any atom is -0.298 e. The van der Waals surface area contributed by atoms with E-state index in [2.05, 4.69) is 44.1 Å². The van der Waals surface area contributed by atoms with Crippen LogP contribution in [-0.2, 0) is 6.54 Å². The topological polar surface area (TPSA) is 34.9 Å². The number of aromatic nitrogens is 2. The molecular weight excluding hydrogens is 224 g/mol. The lowest BCUT2D eigenvalue weighted by atomic mass is 10.0. The maximum atomic E-state index is 11.1. The lowest BCUT2D eigenvalue weighted by molar-refractivity contribution is 0.112. The molecule has 3 heteroatoms. The fourth-order valence-corrected chi connectivity index (χ4v) is 2.20. The monoisotopic (exact) mass is 242 g/mol. The number of nitrogens with zero attached hydrogens (tertiary/aromatic N) is 2. The normalized spacial score (nSPS) is 10.6. The Morgan fingerprint density at radius 1 is 1.22 bits per heavy atom. The summed E-state index contributed by atoms with van der Waals surface area (Å²) >= 11 is 0. The molecule has 0 saturated carbocycles. The maximum absolute atomic E-state index is 11.1. The van der Waals surface area contributed by atoms with Gasteiger partial charge in [-0.15, -0.1) is 0 Å². The highest BCUT2D eigenvalue weighted by atomic mass is 16.1. The Morgan fingerprint density at radius 3 is 2.44 bits per heavy atom. The van der Waals surface area contributed by atoms with Crippen LogP contribution in [-0.4, -0.2) is 16.1 Å². The molecule has 1 aromatic carbocycles. The van der Waals surface area contributed by atoms with Gasteiger partial charge in [0.25, 0.3) is 0 Å². The van der Waals surface area contributed by atoms with E-state index in [1.165, 1.54) is 11.1 Å². The molecule has 18 heavy (non-hydrogen) atoms. The molecule has 0 spiro atoms. The van der Waals surface area contributed by atoms with Gasteiger partial charge in [-0.05, 0) is 32.4 Å². The summed E-state index contributed by atoms with van der Waals surface area (Å²) in [6.45, 7) is 7.05. The van der Waals surface area contributed by atoms with Crippen LogP contribution in [0.5, 0.6) is 0 Å². The van der Waals surface area contributed by atoms with Gasteiger partial charge >= 0.3 is 0 Å². The van der Waals surface area contributed by atoms with Crippen molar-refractivity contribution in [3.63, 3.8) is 0 Å². The van der Waals surface area contributed by atoms with Crippen LogP contribution < -0.4 is 0 Å². The lowest BCUT2D eigenvalue weighted by Gasteiger charge is -2.03. The molecule has 0 fully saturated rings. The SMILES string of the molecule is CCCn1cc(C=O)c(-c2cc(C)cc(C)c2)n1. The third-order valence-electron chi connectivity index (χ3n) is 2.86. The highest BCUT2D eigenvalue weighted by Crippen LogP contribution is 2.23. The van der Waals surface area contributed by atoms with Gasteiger partial charge in [0.1, 0.15) is 5.69 Å². The average molecular weight is 242 g/mol. The van der Waals surface area contributed by atoms with Crippen molar-refractivity contribution in [2.75, 3.05) is 0 Å². The molecule has 0 aliphatic carbocycles. The summed E-state index contributed by atoms with van der Waals surface area (Å²) in [6.07, 6.45) is 3.71. The Hall–Kier alpha value is -1.90. The minimum absolute atomic E-state index is 0.661. The van der Waals surface area contributed by atoms with Crippen molar-refractivity contribution in [3.8, 4) is 11.3 Å². The van der Waals surface area contributed by atoms with Crippen LogP contribution in [0.15, 0.2) is 24.4 Å². The predicted molar refractivity (Wildman–Crippen MR) is 72.8 cm³/mol. The number of benzene rings is 1. The first-order valence-corrected chi connectivity index (χ1v) is 6.25. The summed E-state index contributed by atoms with van der Waals surface area (Å²) < 4.78 is 1.84. The summed E-state index contributed by atoms with van der Waals surface area (Å²) in [4.78, 5) is 11.1. The second-order valence-electron chi connectivity index (χ2n) is 4.69. The van der Waals surface area contributed by atoms with Gasteiger partial charge in [-0.2, -0.15) is 5.10 Å². The zero-order chi connectivity index (χ0) is 13.1. The zero-order valence-corrected chi connectivity index (χ0v) is 11.1. The van der Waals surface area contributed by atoms with Gasteiger partial charge in [0, 0.05) is 18.3 Å². The molecule has 0 aliphatic heterocycles. The first-order valence-electron chi connectivity index (χ1n) is 6.25. The standard InChI is InChI=1S/C15H18N2O/c1-4-5-17-9-14(10-18)15(16-17)13-7-11(2)6-12(3)8-13/h6-10H,4-5H2,1-3H3. The van der Waals surface area contributed by atoms with Gasteiger partial charge in [0.05, 0.1) is 5.56 Å². The van der Waals surface area contributed by atoms with E-state index in [0.29, 0.717) is 5.56 Å². The molecule has 1 heterocycles. The van der Waals surface area contributed by atoms with Crippen molar-refractivity contribution in [1.29, 1.82) is 0 Å². The van der Waals surface area contributed by atoms with E-state index in [-0.39, 0.29) is 0 Å². The van der Waals surface area contributed by atoms with Crippen molar-refractivity contribution in [2.45, 2.75) is 33.7 Å². The van der Waals surface area contributed by atoms with Gasteiger partial charge in [-0.3, -0.25) is 9.48 Å². The molecule has 1 aromatic heterocycles. The van der Waals surface area contributed by atoms with Crippen LogP contribution >= 0.6 is 0 Å². The van der Waals surface area contributed by atoms with Crippen LogP contribution in [0, 0.1) is 13.8 Å². The molecule has 0 radical (unpaired) electrons. The Balaban J connectivity index is 2.51. The molecule has 0 bridgehead atoms. The van der Waals surface area contributed by atoms with E-state index in [1.54, 1.807) is 0 Å².